The Morgan fingerprint density at radius 1 is 1.12 bits per heavy atom. The maximum atomic E-state index is 12.5. The van der Waals surface area contributed by atoms with Gasteiger partial charge in [0.2, 0.25) is 17.7 Å². The van der Waals surface area contributed by atoms with Crippen molar-refractivity contribution in [2.45, 2.75) is 51.0 Å². The summed E-state index contributed by atoms with van der Waals surface area (Å²) in [4.78, 5) is 39.3. The van der Waals surface area contributed by atoms with Crippen LogP contribution in [0.25, 0.3) is 0 Å². The van der Waals surface area contributed by atoms with Gasteiger partial charge in [-0.2, -0.15) is 0 Å². The molecule has 0 aromatic rings. The van der Waals surface area contributed by atoms with Crippen molar-refractivity contribution in [2.75, 3.05) is 32.8 Å². The summed E-state index contributed by atoms with van der Waals surface area (Å²) in [6.45, 7) is 2.98. The first-order valence-electron chi connectivity index (χ1n) is 9.51. The van der Waals surface area contributed by atoms with Gasteiger partial charge in [0.15, 0.2) is 0 Å². The van der Waals surface area contributed by atoms with Gasteiger partial charge >= 0.3 is 0 Å². The average Bonchev–Trinajstić information content (AvgIpc) is 3.06. The Kier molecular flexibility index (Phi) is 5.93. The normalized spacial score (nSPS) is 28.4. The zero-order valence-corrected chi connectivity index (χ0v) is 14.8. The number of likely N-dealkylation sites (tertiary alicyclic amines) is 2. The van der Waals surface area contributed by atoms with Gasteiger partial charge < -0.3 is 20.3 Å². The first kappa shape index (κ1) is 18.2. The Bertz CT molecular complexity index is 516. The maximum absolute atomic E-state index is 12.5. The van der Waals surface area contributed by atoms with E-state index in [0.717, 1.165) is 51.6 Å². The van der Waals surface area contributed by atoms with Crippen LogP contribution in [0.5, 0.6) is 0 Å². The number of ether oxygens (including phenoxy) is 1. The minimum Gasteiger partial charge on any atom is -0.377 e. The van der Waals surface area contributed by atoms with E-state index in [4.69, 9.17) is 10.5 Å². The molecule has 2 atom stereocenters. The van der Waals surface area contributed by atoms with Crippen LogP contribution in [-0.4, -0.2) is 66.4 Å². The van der Waals surface area contributed by atoms with Crippen LogP contribution < -0.4 is 5.73 Å². The summed E-state index contributed by atoms with van der Waals surface area (Å²) in [7, 11) is 0. The number of hydrogen-bond donors (Lipinski definition) is 1. The lowest BCUT2D eigenvalue weighted by atomic mass is 9.86. The fourth-order valence-corrected chi connectivity index (χ4v) is 4.25. The van der Waals surface area contributed by atoms with Crippen LogP contribution in [0, 0.1) is 11.8 Å². The summed E-state index contributed by atoms with van der Waals surface area (Å²) in [5.41, 5.74) is 5.45. The molecule has 3 fully saturated rings. The molecule has 2 N–H and O–H groups in total. The number of hydrogen-bond acceptors (Lipinski definition) is 4. The van der Waals surface area contributed by atoms with E-state index in [0.29, 0.717) is 25.5 Å². The molecule has 3 amide bonds. The van der Waals surface area contributed by atoms with Gasteiger partial charge in [0.05, 0.1) is 18.6 Å². The van der Waals surface area contributed by atoms with Crippen LogP contribution in [-0.2, 0) is 19.1 Å². The molecule has 25 heavy (non-hydrogen) atoms. The molecule has 0 aromatic carbocycles. The molecule has 3 rings (SSSR count). The molecule has 3 saturated heterocycles. The second-order valence-electron chi connectivity index (χ2n) is 7.54. The molecule has 0 bridgehead atoms. The van der Waals surface area contributed by atoms with Crippen molar-refractivity contribution >= 4 is 17.7 Å². The van der Waals surface area contributed by atoms with Crippen molar-refractivity contribution in [1.29, 1.82) is 0 Å². The van der Waals surface area contributed by atoms with E-state index >= 15 is 0 Å². The number of carbonyl (C=O) groups excluding carboxylic acids is 3. The Balaban J connectivity index is 1.43. The molecule has 7 heteroatoms. The highest BCUT2D eigenvalue weighted by Gasteiger charge is 2.35. The third kappa shape index (κ3) is 4.51. The molecule has 0 aliphatic carbocycles. The van der Waals surface area contributed by atoms with Gasteiger partial charge in [0.25, 0.3) is 0 Å². The second kappa shape index (κ2) is 8.17. The summed E-state index contributed by atoms with van der Waals surface area (Å²) in [6, 6.07) is 0. The Hall–Kier alpha value is -1.63. The van der Waals surface area contributed by atoms with E-state index in [1.165, 1.54) is 0 Å². The SMILES string of the molecule is NC(=O)[C@@H]1CCO[C@@H]1CC1CCN(C(=O)CN2CCCCC2=O)CC1. The largest absolute Gasteiger partial charge is 0.377 e. The highest BCUT2D eigenvalue weighted by molar-refractivity contribution is 5.85. The van der Waals surface area contributed by atoms with Crippen molar-refractivity contribution in [3.8, 4) is 0 Å². The van der Waals surface area contributed by atoms with E-state index in [-0.39, 0.29) is 36.3 Å². The fraction of sp³-hybridized carbons (Fsp3) is 0.833. The van der Waals surface area contributed by atoms with Gasteiger partial charge in [-0.3, -0.25) is 14.4 Å². The van der Waals surface area contributed by atoms with Gasteiger partial charge in [-0.25, -0.2) is 0 Å². The number of carbonyl (C=O) groups is 3. The standard InChI is InChI=1S/C18H29N3O4/c19-18(24)14-6-10-25-15(14)11-13-4-8-20(9-5-13)17(23)12-21-7-2-1-3-16(21)22/h13-15H,1-12H2,(H2,19,24)/t14-,15-/m1/s1. The van der Waals surface area contributed by atoms with Gasteiger partial charge in [-0.1, -0.05) is 0 Å². The van der Waals surface area contributed by atoms with Crippen LogP contribution in [0.2, 0.25) is 0 Å². The van der Waals surface area contributed by atoms with Gasteiger partial charge in [-0.05, 0) is 44.4 Å². The number of piperidine rings is 2. The highest BCUT2D eigenvalue weighted by atomic mass is 16.5. The number of nitrogens with two attached hydrogens (primary N) is 1. The van der Waals surface area contributed by atoms with Crippen LogP contribution in [0.15, 0.2) is 0 Å². The van der Waals surface area contributed by atoms with E-state index in [9.17, 15) is 14.4 Å². The predicted molar refractivity (Wildman–Crippen MR) is 91.4 cm³/mol. The monoisotopic (exact) mass is 351 g/mol. The van der Waals surface area contributed by atoms with Crippen LogP contribution in [0.4, 0.5) is 0 Å². The van der Waals surface area contributed by atoms with Gasteiger partial charge in [-0.15, -0.1) is 0 Å². The molecule has 0 spiro atoms. The van der Waals surface area contributed by atoms with Crippen molar-refractivity contribution in [1.82, 2.24) is 9.80 Å². The molecule has 0 unspecified atom stereocenters. The third-order valence-electron chi connectivity index (χ3n) is 5.86. The second-order valence-corrected chi connectivity index (χ2v) is 7.54. The number of primary amides is 1. The fourth-order valence-electron chi connectivity index (χ4n) is 4.25. The average molecular weight is 351 g/mol. The molecule has 0 saturated carbocycles. The minimum absolute atomic E-state index is 0.0563. The molecule has 140 valence electrons. The number of nitrogens with zero attached hydrogens (tertiary/aromatic N) is 2. The number of amides is 3. The van der Waals surface area contributed by atoms with Crippen molar-refractivity contribution in [3.05, 3.63) is 0 Å². The molecule has 3 aliphatic rings. The zero-order chi connectivity index (χ0) is 17.8. The molecule has 7 nitrogen and oxygen atoms in total. The van der Waals surface area contributed by atoms with Crippen LogP contribution in [0.3, 0.4) is 0 Å². The first-order valence-corrected chi connectivity index (χ1v) is 9.51. The molecule has 0 aromatic heterocycles. The Morgan fingerprint density at radius 2 is 1.88 bits per heavy atom. The van der Waals surface area contributed by atoms with Crippen molar-refractivity contribution < 1.29 is 19.1 Å². The Morgan fingerprint density at radius 3 is 2.56 bits per heavy atom. The molecule has 3 heterocycles. The molecular weight excluding hydrogens is 322 g/mol. The lowest BCUT2D eigenvalue weighted by molar-refractivity contribution is -0.142. The zero-order valence-electron chi connectivity index (χ0n) is 14.8. The lowest BCUT2D eigenvalue weighted by Gasteiger charge is -2.35. The number of rotatable bonds is 5. The topological polar surface area (TPSA) is 92.9 Å². The summed E-state index contributed by atoms with van der Waals surface area (Å²) >= 11 is 0. The third-order valence-corrected chi connectivity index (χ3v) is 5.86. The van der Waals surface area contributed by atoms with E-state index in [1.54, 1.807) is 4.90 Å². The molecule has 0 radical (unpaired) electrons. The molecule has 3 aliphatic heterocycles. The smallest absolute Gasteiger partial charge is 0.242 e. The van der Waals surface area contributed by atoms with Crippen LogP contribution in [0.1, 0.15) is 44.9 Å². The minimum atomic E-state index is -0.263. The first-order chi connectivity index (χ1) is 12.0. The lowest BCUT2D eigenvalue weighted by Crippen LogP contribution is -2.47. The van der Waals surface area contributed by atoms with E-state index < -0.39 is 0 Å². The Labute approximate surface area is 148 Å². The summed E-state index contributed by atoms with van der Waals surface area (Å²) in [6.07, 6.45) is 5.85. The van der Waals surface area contributed by atoms with Crippen LogP contribution >= 0.6 is 0 Å². The molecular formula is C18H29N3O4. The van der Waals surface area contributed by atoms with Crippen molar-refractivity contribution in [3.63, 3.8) is 0 Å². The predicted octanol–water partition coefficient (Wildman–Crippen LogP) is 0.518. The maximum Gasteiger partial charge on any atom is 0.242 e. The van der Waals surface area contributed by atoms with Gasteiger partial charge in [0.1, 0.15) is 0 Å². The van der Waals surface area contributed by atoms with Gasteiger partial charge in [0, 0.05) is 32.7 Å². The quantitative estimate of drug-likeness (QED) is 0.781. The van der Waals surface area contributed by atoms with E-state index in [2.05, 4.69) is 0 Å². The summed E-state index contributed by atoms with van der Waals surface area (Å²) in [5.74, 6) is 0.197. The van der Waals surface area contributed by atoms with E-state index in [1.807, 2.05) is 4.90 Å². The highest BCUT2D eigenvalue weighted by Crippen LogP contribution is 2.30. The summed E-state index contributed by atoms with van der Waals surface area (Å²) < 4.78 is 5.69. The van der Waals surface area contributed by atoms with Crippen molar-refractivity contribution in [2.24, 2.45) is 17.6 Å². The summed E-state index contributed by atoms with van der Waals surface area (Å²) in [5, 5.41) is 0.